The third-order valence-electron chi connectivity index (χ3n) is 6.30. The van der Waals surface area contributed by atoms with Crippen LogP contribution in [0, 0.1) is 0 Å². The lowest BCUT2D eigenvalue weighted by molar-refractivity contribution is 0.471. The third-order valence-corrected chi connectivity index (χ3v) is 7.88. The van der Waals surface area contributed by atoms with Gasteiger partial charge in [-0.3, -0.25) is 4.79 Å². The normalized spacial score (nSPS) is 22.9. The summed E-state index contributed by atoms with van der Waals surface area (Å²) >= 11 is 0. The first-order valence-corrected chi connectivity index (χ1v) is 12.2. The lowest BCUT2D eigenvalue weighted by Crippen LogP contribution is -2.38. The van der Waals surface area contributed by atoms with E-state index in [1.165, 1.54) is 0 Å². The Morgan fingerprint density at radius 2 is 1.86 bits per heavy atom. The van der Waals surface area contributed by atoms with Crippen LogP contribution in [0.1, 0.15) is 48.2 Å². The third kappa shape index (κ3) is 3.68. The number of rotatable bonds is 3. The Morgan fingerprint density at radius 3 is 2.76 bits per heavy atom. The standard InChI is InChI=1S/C20H25N5O3S/c26-20-11-14-4-1-2-6-18(14)23-25(20)12-16-5-3-8-24(16)19-10-15-13-29(27,28)9-7-17(15)21-22-19/h10-11,16H,1-9,12-13H2. The van der Waals surface area contributed by atoms with E-state index in [1.54, 1.807) is 10.7 Å². The topological polar surface area (TPSA) is 98.1 Å². The van der Waals surface area contributed by atoms with Crippen LogP contribution in [0.2, 0.25) is 0 Å². The van der Waals surface area contributed by atoms with Gasteiger partial charge in [0.2, 0.25) is 0 Å². The van der Waals surface area contributed by atoms with Gasteiger partial charge in [0.05, 0.1) is 35.5 Å². The van der Waals surface area contributed by atoms with Crippen LogP contribution >= 0.6 is 0 Å². The average molecular weight is 416 g/mol. The van der Waals surface area contributed by atoms with Gasteiger partial charge in [-0.15, -0.1) is 5.10 Å². The molecule has 5 rings (SSSR count). The molecule has 4 heterocycles. The van der Waals surface area contributed by atoms with Gasteiger partial charge < -0.3 is 4.90 Å². The zero-order chi connectivity index (χ0) is 20.0. The van der Waals surface area contributed by atoms with Crippen LogP contribution in [0.25, 0.3) is 0 Å². The van der Waals surface area contributed by atoms with Gasteiger partial charge in [0.25, 0.3) is 5.56 Å². The number of nitrogens with zero attached hydrogens (tertiary/aromatic N) is 5. The van der Waals surface area contributed by atoms with Crippen LogP contribution in [-0.4, -0.2) is 46.7 Å². The highest BCUT2D eigenvalue weighted by atomic mass is 32.2. The molecule has 2 aliphatic heterocycles. The first-order chi connectivity index (χ1) is 14.0. The number of aromatic nitrogens is 4. The summed E-state index contributed by atoms with van der Waals surface area (Å²) in [6.07, 6.45) is 6.52. The van der Waals surface area contributed by atoms with Crippen molar-refractivity contribution in [2.75, 3.05) is 17.2 Å². The highest BCUT2D eigenvalue weighted by molar-refractivity contribution is 7.90. The van der Waals surface area contributed by atoms with Crippen molar-refractivity contribution in [1.29, 1.82) is 0 Å². The Hall–Kier alpha value is -2.29. The zero-order valence-corrected chi connectivity index (χ0v) is 17.2. The summed E-state index contributed by atoms with van der Waals surface area (Å²) in [7, 11) is -3.05. The predicted molar refractivity (Wildman–Crippen MR) is 109 cm³/mol. The monoisotopic (exact) mass is 415 g/mol. The number of anilines is 1. The molecule has 3 aliphatic rings. The molecule has 2 aromatic heterocycles. The highest BCUT2D eigenvalue weighted by Gasteiger charge is 2.30. The average Bonchev–Trinajstić information content (AvgIpc) is 3.15. The van der Waals surface area contributed by atoms with Gasteiger partial charge in [0.15, 0.2) is 15.7 Å². The summed E-state index contributed by atoms with van der Waals surface area (Å²) in [5.74, 6) is 0.886. The van der Waals surface area contributed by atoms with Crippen molar-refractivity contribution in [3.05, 3.63) is 45.0 Å². The summed E-state index contributed by atoms with van der Waals surface area (Å²) in [5.41, 5.74) is 3.66. The van der Waals surface area contributed by atoms with Crippen molar-refractivity contribution >= 4 is 15.7 Å². The Morgan fingerprint density at radius 1 is 1.00 bits per heavy atom. The lowest BCUT2D eigenvalue weighted by atomic mass is 9.97. The minimum absolute atomic E-state index is 0.0369. The number of aryl methyl sites for hydroxylation is 3. The van der Waals surface area contributed by atoms with Crippen LogP contribution < -0.4 is 10.5 Å². The maximum absolute atomic E-state index is 12.6. The highest BCUT2D eigenvalue weighted by Crippen LogP contribution is 2.28. The van der Waals surface area contributed by atoms with Gasteiger partial charge in [-0.05, 0) is 55.7 Å². The molecule has 154 valence electrons. The largest absolute Gasteiger partial charge is 0.350 e. The first kappa shape index (κ1) is 18.7. The quantitative estimate of drug-likeness (QED) is 0.739. The van der Waals surface area contributed by atoms with Crippen LogP contribution in [0.3, 0.4) is 0 Å². The smallest absolute Gasteiger partial charge is 0.267 e. The number of hydrogen-bond acceptors (Lipinski definition) is 7. The molecular formula is C20H25N5O3S. The molecule has 1 saturated heterocycles. The zero-order valence-electron chi connectivity index (χ0n) is 16.4. The molecule has 0 spiro atoms. The van der Waals surface area contributed by atoms with Crippen molar-refractivity contribution in [3.8, 4) is 0 Å². The first-order valence-electron chi connectivity index (χ1n) is 10.4. The fraction of sp³-hybridized carbons (Fsp3) is 0.600. The fourth-order valence-corrected chi connectivity index (χ4v) is 6.11. The number of sulfone groups is 1. The van der Waals surface area contributed by atoms with Crippen molar-refractivity contribution in [3.63, 3.8) is 0 Å². The van der Waals surface area contributed by atoms with E-state index in [9.17, 15) is 13.2 Å². The summed E-state index contributed by atoms with van der Waals surface area (Å²) in [5, 5.41) is 13.3. The molecule has 29 heavy (non-hydrogen) atoms. The predicted octanol–water partition coefficient (Wildman–Crippen LogP) is 1.05. The van der Waals surface area contributed by atoms with Gasteiger partial charge in [0.1, 0.15) is 0 Å². The number of fused-ring (bicyclic) bond motifs is 2. The van der Waals surface area contributed by atoms with Gasteiger partial charge in [-0.1, -0.05) is 0 Å². The van der Waals surface area contributed by atoms with Crippen LogP contribution in [0.15, 0.2) is 16.9 Å². The molecule has 1 aliphatic carbocycles. The van der Waals surface area contributed by atoms with Gasteiger partial charge in [0, 0.05) is 19.0 Å². The minimum Gasteiger partial charge on any atom is -0.350 e. The Kier molecular flexibility index (Phi) is 4.64. The van der Waals surface area contributed by atoms with E-state index in [4.69, 9.17) is 0 Å². The maximum Gasteiger partial charge on any atom is 0.267 e. The second-order valence-corrected chi connectivity index (χ2v) is 10.5. The molecule has 0 amide bonds. The molecule has 9 heteroatoms. The summed E-state index contributed by atoms with van der Waals surface area (Å²) in [4.78, 5) is 14.7. The van der Waals surface area contributed by atoms with E-state index in [0.29, 0.717) is 18.8 Å². The van der Waals surface area contributed by atoms with E-state index >= 15 is 0 Å². The van der Waals surface area contributed by atoms with Crippen molar-refractivity contribution < 1.29 is 8.42 Å². The molecule has 0 radical (unpaired) electrons. The van der Waals surface area contributed by atoms with Crippen LogP contribution in [0.4, 0.5) is 5.82 Å². The van der Waals surface area contributed by atoms with Gasteiger partial charge >= 0.3 is 0 Å². The van der Waals surface area contributed by atoms with Crippen LogP contribution in [0.5, 0.6) is 0 Å². The van der Waals surface area contributed by atoms with Gasteiger partial charge in [-0.2, -0.15) is 10.2 Å². The summed E-state index contributed by atoms with van der Waals surface area (Å²) in [6, 6.07) is 3.74. The van der Waals surface area contributed by atoms with E-state index in [-0.39, 0.29) is 23.1 Å². The Labute approximate surface area is 169 Å². The number of hydrogen-bond donors (Lipinski definition) is 0. The summed E-state index contributed by atoms with van der Waals surface area (Å²) in [6.45, 7) is 1.34. The molecule has 8 nitrogen and oxygen atoms in total. The van der Waals surface area contributed by atoms with Crippen molar-refractivity contribution in [2.45, 2.75) is 63.3 Å². The lowest BCUT2D eigenvalue weighted by Gasteiger charge is -2.27. The fourth-order valence-electron chi connectivity index (χ4n) is 4.74. The molecule has 2 aromatic rings. The van der Waals surface area contributed by atoms with Gasteiger partial charge in [-0.25, -0.2) is 13.1 Å². The molecule has 0 saturated carbocycles. The second-order valence-electron chi connectivity index (χ2n) is 8.35. The molecule has 0 aromatic carbocycles. The van der Waals surface area contributed by atoms with Crippen molar-refractivity contribution in [2.24, 2.45) is 0 Å². The van der Waals surface area contributed by atoms with E-state index in [1.807, 2.05) is 6.07 Å². The second kappa shape index (κ2) is 7.19. The molecule has 0 N–H and O–H groups in total. The Balaban J connectivity index is 1.41. The summed E-state index contributed by atoms with van der Waals surface area (Å²) < 4.78 is 25.6. The minimum atomic E-state index is -3.05. The molecule has 0 bridgehead atoms. The van der Waals surface area contributed by atoms with Crippen molar-refractivity contribution in [1.82, 2.24) is 20.0 Å². The molecule has 1 fully saturated rings. The Bertz CT molecular complexity index is 1110. The van der Waals surface area contributed by atoms with E-state index < -0.39 is 9.84 Å². The molecule has 1 unspecified atom stereocenters. The van der Waals surface area contributed by atoms with E-state index in [0.717, 1.165) is 67.6 Å². The molecular weight excluding hydrogens is 390 g/mol. The maximum atomic E-state index is 12.6. The van der Waals surface area contributed by atoms with E-state index in [2.05, 4.69) is 20.2 Å². The SMILES string of the molecule is O=c1cc2c(nn1CC1CCCN1c1cc3c(nn1)CCS(=O)(=O)C3)CCCC2. The van der Waals surface area contributed by atoms with Crippen LogP contribution in [-0.2, 0) is 41.4 Å². The molecule has 1 atom stereocenters.